The Hall–Kier alpha value is -0.540. The summed E-state index contributed by atoms with van der Waals surface area (Å²) in [4.78, 5) is 4.01. The number of hydrogen-bond acceptors (Lipinski definition) is 2. The minimum absolute atomic E-state index is 0.468. The number of hydrogen-bond donors (Lipinski definition) is 0. The van der Waals surface area contributed by atoms with Crippen molar-refractivity contribution in [2.24, 2.45) is 0 Å². The number of fused-ring (bicyclic) bond motifs is 1. The van der Waals surface area contributed by atoms with Crippen molar-refractivity contribution in [2.75, 3.05) is 6.61 Å². The molecule has 0 aliphatic carbocycles. The first-order valence-corrected chi connectivity index (χ1v) is 4.60. The lowest BCUT2D eigenvalue weighted by atomic mass is 10.2. The maximum atomic E-state index is 5.75. The van der Waals surface area contributed by atoms with Crippen LogP contribution in [0.1, 0.15) is 5.56 Å². The van der Waals surface area contributed by atoms with Gasteiger partial charge in [0.05, 0.1) is 0 Å². The van der Waals surface area contributed by atoms with Gasteiger partial charge in [0.2, 0.25) is 0 Å². The Bertz CT molecular complexity index is 351. The molecule has 0 saturated heterocycles. The molecule has 0 N–H and O–H groups in total. The number of halogens is 2. The Morgan fingerprint density at radius 2 is 2.42 bits per heavy atom. The molecule has 0 aromatic carbocycles. The Labute approximate surface area is 83.3 Å². The number of aromatic nitrogens is 1. The number of ether oxygens (including phenoxy) is 1. The summed E-state index contributed by atoms with van der Waals surface area (Å²) in [5.41, 5.74) is 0.966. The quantitative estimate of drug-likeness (QED) is 0.657. The number of rotatable bonds is 0. The average Bonchev–Trinajstić information content (AvgIpc) is 2.04. The van der Waals surface area contributed by atoms with E-state index in [0.717, 1.165) is 11.3 Å². The van der Waals surface area contributed by atoms with Gasteiger partial charge in [-0.05, 0) is 28.1 Å². The van der Waals surface area contributed by atoms with Crippen LogP contribution in [0.3, 0.4) is 0 Å². The minimum atomic E-state index is 0.468. The molecule has 0 unspecified atom stereocenters. The van der Waals surface area contributed by atoms with E-state index in [1.807, 2.05) is 12.2 Å². The van der Waals surface area contributed by atoms with Gasteiger partial charge in [0.15, 0.2) is 5.75 Å². The predicted molar refractivity (Wildman–Crippen MR) is 51.5 cm³/mol. The monoisotopic (exact) mass is 245 g/mol. The lowest BCUT2D eigenvalue weighted by Crippen LogP contribution is -2.01. The topological polar surface area (TPSA) is 22.1 Å². The van der Waals surface area contributed by atoms with Gasteiger partial charge in [-0.1, -0.05) is 17.7 Å². The summed E-state index contributed by atoms with van der Waals surface area (Å²) in [7, 11) is 0. The van der Waals surface area contributed by atoms with Crippen LogP contribution in [-0.4, -0.2) is 11.6 Å². The van der Waals surface area contributed by atoms with Crippen molar-refractivity contribution in [1.82, 2.24) is 4.98 Å². The summed E-state index contributed by atoms with van der Waals surface area (Å²) in [6.07, 6.45) is 3.91. The molecule has 62 valence electrons. The van der Waals surface area contributed by atoms with Crippen molar-refractivity contribution in [3.05, 3.63) is 27.5 Å². The van der Waals surface area contributed by atoms with E-state index in [4.69, 9.17) is 16.3 Å². The first kappa shape index (κ1) is 8.08. The SMILES string of the molecule is Clc1cc2c(c(Br)n1)OCC=C2. The Morgan fingerprint density at radius 3 is 3.25 bits per heavy atom. The van der Waals surface area contributed by atoms with Gasteiger partial charge in [-0.15, -0.1) is 0 Å². The fourth-order valence-electron chi connectivity index (χ4n) is 1.06. The van der Waals surface area contributed by atoms with Gasteiger partial charge in [0.1, 0.15) is 16.4 Å². The maximum absolute atomic E-state index is 5.75. The van der Waals surface area contributed by atoms with E-state index in [1.54, 1.807) is 6.07 Å². The van der Waals surface area contributed by atoms with Gasteiger partial charge in [-0.25, -0.2) is 4.98 Å². The highest BCUT2D eigenvalue weighted by molar-refractivity contribution is 9.10. The van der Waals surface area contributed by atoms with E-state index >= 15 is 0 Å². The molecule has 1 aromatic heterocycles. The summed E-state index contributed by atoms with van der Waals surface area (Å²) in [5.74, 6) is 0.766. The normalized spacial score (nSPS) is 13.8. The lowest BCUT2D eigenvalue weighted by Gasteiger charge is -2.12. The van der Waals surface area contributed by atoms with E-state index in [1.165, 1.54) is 0 Å². The van der Waals surface area contributed by atoms with Crippen molar-refractivity contribution >= 4 is 33.6 Å². The van der Waals surface area contributed by atoms with Gasteiger partial charge in [-0.3, -0.25) is 0 Å². The molecule has 0 saturated carbocycles. The van der Waals surface area contributed by atoms with E-state index in [9.17, 15) is 0 Å². The van der Waals surface area contributed by atoms with Crippen LogP contribution in [0.15, 0.2) is 16.7 Å². The van der Waals surface area contributed by atoms with Crippen LogP contribution in [0.2, 0.25) is 5.15 Å². The van der Waals surface area contributed by atoms with Crippen molar-refractivity contribution in [3.63, 3.8) is 0 Å². The van der Waals surface area contributed by atoms with Crippen LogP contribution in [0.25, 0.3) is 6.08 Å². The van der Waals surface area contributed by atoms with Gasteiger partial charge >= 0.3 is 0 Å². The van der Waals surface area contributed by atoms with Crippen molar-refractivity contribution in [2.45, 2.75) is 0 Å². The fraction of sp³-hybridized carbons (Fsp3) is 0.125. The van der Waals surface area contributed by atoms with E-state index < -0.39 is 0 Å². The van der Waals surface area contributed by atoms with Gasteiger partial charge in [-0.2, -0.15) is 0 Å². The summed E-state index contributed by atoms with van der Waals surface area (Å²) >= 11 is 9.03. The Balaban J connectivity index is 2.62. The molecular formula is C8H5BrClNO. The molecule has 0 amide bonds. The molecule has 1 aliphatic heterocycles. The summed E-state index contributed by atoms with van der Waals surface area (Å²) in [5, 5.41) is 0.468. The van der Waals surface area contributed by atoms with Crippen molar-refractivity contribution in [3.8, 4) is 5.75 Å². The lowest BCUT2D eigenvalue weighted by molar-refractivity contribution is 0.354. The second-order valence-electron chi connectivity index (χ2n) is 2.37. The molecule has 4 heteroatoms. The molecule has 1 aliphatic rings. The Kier molecular flexibility index (Phi) is 2.07. The molecule has 1 aromatic rings. The molecule has 2 heterocycles. The largest absolute Gasteiger partial charge is 0.486 e. The number of pyridine rings is 1. The summed E-state index contributed by atoms with van der Waals surface area (Å²) < 4.78 is 6.02. The zero-order valence-corrected chi connectivity index (χ0v) is 8.39. The molecule has 0 radical (unpaired) electrons. The van der Waals surface area contributed by atoms with Crippen molar-refractivity contribution < 1.29 is 4.74 Å². The highest BCUT2D eigenvalue weighted by atomic mass is 79.9. The third-order valence-electron chi connectivity index (χ3n) is 1.55. The van der Waals surface area contributed by atoms with Crippen LogP contribution in [0.4, 0.5) is 0 Å². The van der Waals surface area contributed by atoms with Gasteiger partial charge < -0.3 is 4.74 Å². The standard InChI is InChI=1S/C8H5BrClNO/c9-8-7-5(2-1-3-12-7)4-6(10)11-8/h1-2,4H,3H2. The zero-order valence-electron chi connectivity index (χ0n) is 6.05. The minimum Gasteiger partial charge on any atom is -0.486 e. The third-order valence-corrected chi connectivity index (χ3v) is 2.28. The smallest absolute Gasteiger partial charge is 0.159 e. The number of nitrogens with zero attached hydrogens (tertiary/aromatic N) is 1. The van der Waals surface area contributed by atoms with Gasteiger partial charge in [0.25, 0.3) is 0 Å². The van der Waals surface area contributed by atoms with Crippen LogP contribution >= 0.6 is 27.5 Å². The fourth-order valence-corrected chi connectivity index (χ4v) is 1.90. The van der Waals surface area contributed by atoms with E-state index in [2.05, 4.69) is 20.9 Å². The molecular weight excluding hydrogens is 241 g/mol. The maximum Gasteiger partial charge on any atom is 0.159 e. The predicted octanol–water partition coefficient (Wildman–Crippen LogP) is 2.90. The molecule has 0 spiro atoms. The third kappa shape index (κ3) is 1.34. The van der Waals surface area contributed by atoms with Crippen LogP contribution in [-0.2, 0) is 0 Å². The highest BCUT2D eigenvalue weighted by Gasteiger charge is 2.11. The van der Waals surface area contributed by atoms with Crippen molar-refractivity contribution in [1.29, 1.82) is 0 Å². The van der Waals surface area contributed by atoms with Crippen LogP contribution < -0.4 is 4.74 Å². The second kappa shape index (κ2) is 3.07. The molecule has 2 rings (SSSR count). The molecule has 2 nitrogen and oxygen atoms in total. The van der Waals surface area contributed by atoms with Crippen LogP contribution in [0, 0.1) is 0 Å². The highest BCUT2D eigenvalue weighted by Crippen LogP contribution is 2.32. The zero-order chi connectivity index (χ0) is 8.55. The summed E-state index contributed by atoms with van der Waals surface area (Å²) in [6, 6.07) is 1.78. The average molecular weight is 246 g/mol. The first-order valence-electron chi connectivity index (χ1n) is 3.43. The summed E-state index contributed by atoms with van der Waals surface area (Å²) in [6.45, 7) is 0.592. The first-order chi connectivity index (χ1) is 5.77. The van der Waals surface area contributed by atoms with E-state index in [0.29, 0.717) is 16.4 Å². The van der Waals surface area contributed by atoms with Gasteiger partial charge in [0, 0.05) is 5.56 Å². The molecule has 12 heavy (non-hydrogen) atoms. The molecule has 0 atom stereocenters. The second-order valence-corrected chi connectivity index (χ2v) is 3.51. The Morgan fingerprint density at radius 1 is 1.58 bits per heavy atom. The molecule has 0 bridgehead atoms. The van der Waals surface area contributed by atoms with E-state index in [-0.39, 0.29) is 0 Å². The molecule has 0 fully saturated rings. The van der Waals surface area contributed by atoms with Crippen LogP contribution in [0.5, 0.6) is 5.75 Å².